The van der Waals surface area contributed by atoms with Crippen molar-refractivity contribution in [3.05, 3.63) is 41.6 Å². The molecule has 0 aliphatic rings. The van der Waals surface area contributed by atoms with E-state index in [4.69, 9.17) is 0 Å². The molecule has 0 aliphatic heterocycles. The van der Waals surface area contributed by atoms with Crippen molar-refractivity contribution in [2.24, 2.45) is 0 Å². The molecule has 65 valence electrons. The second-order valence-corrected chi connectivity index (χ2v) is 2.82. The van der Waals surface area contributed by atoms with Crippen molar-refractivity contribution in [1.82, 2.24) is 0 Å². The molecule has 1 aromatic carbocycles. The maximum absolute atomic E-state index is 12.5. The van der Waals surface area contributed by atoms with Crippen LogP contribution in [0, 0.1) is 11.7 Å². The van der Waals surface area contributed by atoms with Crippen molar-refractivity contribution in [1.29, 1.82) is 0 Å². The summed E-state index contributed by atoms with van der Waals surface area (Å²) in [5.41, 5.74) is 1.17. The lowest BCUT2D eigenvalue weighted by atomic mass is 9.94. The molecule has 1 radical (unpaired) electrons. The number of hydrogen-bond donors (Lipinski definition) is 0. The van der Waals surface area contributed by atoms with Crippen LogP contribution in [0.5, 0.6) is 0 Å². The van der Waals surface area contributed by atoms with Crippen LogP contribution in [0.4, 0.5) is 4.39 Å². The predicted molar refractivity (Wildman–Crippen MR) is 49.3 cm³/mol. The summed E-state index contributed by atoms with van der Waals surface area (Å²) in [5.74, 6) is 1.22. The molecular formula is C11H14F. The van der Waals surface area contributed by atoms with E-state index in [1.54, 1.807) is 0 Å². The van der Waals surface area contributed by atoms with Gasteiger partial charge in [0.05, 0.1) is 0 Å². The van der Waals surface area contributed by atoms with Crippen molar-refractivity contribution in [2.45, 2.75) is 26.7 Å². The second-order valence-electron chi connectivity index (χ2n) is 2.82. The SMILES string of the molecule is CC[C](CC)c1ccc(F)cc1. The smallest absolute Gasteiger partial charge is 0.123 e. The monoisotopic (exact) mass is 165 g/mol. The van der Waals surface area contributed by atoms with Gasteiger partial charge in [-0.3, -0.25) is 0 Å². The summed E-state index contributed by atoms with van der Waals surface area (Å²) in [6.07, 6.45) is 2.09. The molecule has 0 nitrogen and oxygen atoms in total. The summed E-state index contributed by atoms with van der Waals surface area (Å²) >= 11 is 0. The van der Waals surface area contributed by atoms with Gasteiger partial charge in [0.1, 0.15) is 5.82 Å². The van der Waals surface area contributed by atoms with E-state index in [-0.39, 0.29) is 5.82 Å². The van der Waals surface area contributed by atoms with Gasteiger partial charge in [0.2, 0.25) is 0 Å². The molecule has 1 heteroatoms. The normalized spacial score (nSPS) is 10.7. The van der Waals surface area contributed by atoms with E-state index in [0.29, 0.717) is 0 Å². The molecule has 1 aromatic rings. The van der Waals surface area contributed by atoms with E-state index in [2.05, 4.69) is 13.8 Å². The molecule has 0 fully saturated rings. The lowest BCUT2D eigenvalue weighted by Crippen LogP contribution is -1.95. The summed E-state index contributed by atoms with van der Waals surface area (Å²) in [6.45, 7) is 4.25. The molecular weight excluding hydrogens is 151 g/mol. The average molecular weight is 165 g/mol. The molecule has 0 amide bonds. The number of hydrogen-bond acceptors (Lipinski definition) is 0. The molecule has 0 N–H and O–H groups in total. The van der Waals surface area contributed by atoms with Crippen LogP contribution in [0.25, 0.3) is 0 Å². The van der Waals surface area contributed by atoms with Gasteiger partial charge in [0, 0.05) is 5.92 Å². The quantitative estimate of drug-likeness (QED) is 0.642. The van der Waals surface area contributed by atoms with Crippen LogP contribution < -0.4 is 0 Å². The van der Waals surface area contributed by atoms with Gasteiger partial charge in [0.25, 0.3) is 0 Å². The summed E-state index contributed by atoms with van der Waals surface area (Å²) in [6, 6.07) is 6.72. The maximum Gasteiger partial charge on any atom is 0.123 e. The van der Waals surface area contributed by atoms with E-state index < -0.39 is 0 Å². The lowest BCUT2D eigenvalue weighted by Gasteiger charge is -2.10. The molecule has 0 spiro atoms. The third-order valence-electron chi connectivity index (χ3n) is 2.11. The molecule has 0 atom stereocenters. The number of rotatable bonds is 3. The van der Waals surface area contributed by atoms with Gasteiger partial charge in [-0.15, -0.1) is 0 Å². The van der Waals surface area contributed by atoms with Crippen LogP contribution >= 0.6 is 0 Å². The molecule has 1 rings (SSSR count). The van der Waals surface area contributed by atoms with Crippen LogP contribution in [0.2, 0.25) is 0 Å². The van der Waals surface area contributed by atoms with Crippen molar-refractivity contribution >= 4 is 0 Å². The zero-order valence-electron chi connectivity index (χ0n) is 7.60. The summed E-state index contributed by atoms with van der Waals surface area (Å²) < 4.78 is 12.5. The van der Waals surface area contributed by atoms with Crippen LogP contribution in [-0.4, -0.2) is 0 Å². The molecule has 0 heterocycles. The molecule has 12 heavy (non-hydrogen) atoms. The van der Waals surface area contributed by atoms with Gasteiger partial charge in [-0.1, -0.05) is 26.0 Å². The largest absolute Gasteiger partial charge is 0.207 e. The zero-order valence-corrected chi connectivity index (χ0v) is 7.60. The minimum absolute atomic E-state index is 0.162. The van der Waals surface area contributed by atoms with E-state index in [0.717, 1.165) is 12.8 Å². The summed E-state index contributed by atoms with van der Waals surface area (Å²) in [4.78, 5) is 0. The number of halogens is 1. The summed E-state index contributed by atoms with van der Waals surface area (Å²) in [5, 5.41) is 0. The van der Waals surface area contributed by atoms with Crippen molar-refractivity contribution in [3.63, 3.8) is 0 Å². The Hall–Kier alpha value is -0.850. The van der Waals surface area contributed by atoms with E-state index in [9.17, 15) is 4.39 Å². The Morgan fingerprint density at radius 2 is 1.58 bits per heavy atom. The minimum Gasteiger partial charge on any atom is -0.207 e. The van der Waals surface area contributed by atoms with Gasteiger partial charge in [-0.05, 0) is 30.5 Å². The Morgan fingerprint density at radius 3 is 2.00 bits per heavy atom. The highest BCUT2D eigenvalue weighted by atomic mass is 19.1. The predicted octanol–water partition coefficient (Wildman–Crippen LogP) is 3.57. The standard InChI is InChI=1S/C11H14F/c1-3-9(4-2)10-5-7-11(12)8-6-10/h5-8H,3-4H2,1-2H3. The lowest BCUT2D eigenvalue weighted by molar-refractivity contribution is 0.627. The molecule has 0 saturated carbocycles. The zero-order chi connectivity index (χ0) is 8.97. The molecule has 0 saturated heterocycles. The summed E-state index contributed by atoms with van der Waals surface area (Å²) in [7, 11) is 0. The van der Waals surface area contributed by atoms with Crippen molar-refractivity contribution in [2.75, 3.05) is 0 Å². The van der Waals surface area contributed by atoms with Crippen molar-refractivity contribution in [3.8, 4) is 0 Å². The fraction of sp³-hybridized carbons (Fsp3) is 0.364. The highest BCUT2D eigenvalue weighted by Gasteiger charge is 2.06. The highest BCUT2D eigenvalue weighted by Crippen LogP contribution is 2.21. The van der Waals surface area contributed by atoms with E-state index >= 15 is 0 Å². The fourth-order valence-electron chi connectivity index (χ4n) is 1.34. The van der Waals surface area contributed by atoms with E-state index in [1.165, 1.54) is 23.6 Å². The minimum atomic E-state index is -0.162. The Labute approximate surface area is 73.4 Å². The first-order valence-electron chi connectivity index (χ1n) is 4.38. The maximum atomic E-state index is 12.5. The molecule has 0 unspecified atom stereocenters. The van der Waals surface area contributed by atoms with Crippen LogP contribution in [0.1, 0.15) is 32.3 Å². The first-order valence-corrected chi connectivity index (χ1v) is 4.38. The van der Waals surface area contributed by atoms with Crippen LogP contribution in [-0.2, 0) is 0 Å². The van der Waals surface area contributed by atoms with Crippen LogP contribution in [0.3, 0.4) is 0 Å². The van der Waals surface area contributed by atoms with Crippen LogP contribution in [0.15, 0.2) is 24.3 Å². The van der Waals surface area contributed by atoms with Gasteiger partial charge in [0.15, 0.2) is 0 Å². The molecule has 0 aromatic heterocycles. The number of benzene rings is 1. The first-order chi connectivity index (χ1) is 5.77. The molecule has 0 bridgehead atoms. The first kappa shape index (κ1) is 9.24. The van der Waals surface area contributed by atoms with E-state index in [1.807, 2.05) is 12.1 Å². The topological polar surface area (TPSA) is 0 Å². The van der Waals surface area contributed by atoms with Gasteiger partial charge >= 0.3 is 0 Å². The Kier molecular flexibility index (Phi) is 3.27. The Morgan fingerprint density at radius 1 is 1.08 bits per heavy atom. The molecule has 0 aliphatic carbocycles. The second kappa shape index (κ2) is 4.24. The fourth-order valence-corrected chi connectivity index (χ4v) is 1.34. The van der Waals surface area contributed by atoms with Crippen molar-refractivity contribution < 1.29 is 4.39 Å². The van der Waals surface area contributed by atoms with Gasteiger partial charge in [-0.2, -0.15) is 0 Å². The average Bonchev–Trinajstić information content (AvgIpc) is 2.10. The Balaban J connectivity index is 2.80. The van der Waals surface area contributed by atoms with Gasteiger partial charge in [-0.25, -0.2) is 4.39 Å². The third-order valence-corrected chi connectivity index (χ3v) is 2.11. The van der Waals surface area contributed by atoms with Gasteiger partial charge < -0.3 is 0 Å². The third kappa shape index (κ3) is 2.07. The Bertz CT molecular complexity index is 221. The highest BCUT2D eigenvalue weighted by molar-refractivity contribution is 5.30.